The number of carbonyl (C=O) groups is 1. The molecule has 0 bridgehead atoms. The minimum atomic E-state index is 0.277. The average Bonchev–Trinajstić information content (AvgIpc) is 2.97. The van der Waals surface area contributed by atoms with Crippen LogP contribution in [0.2, 0.25) is 0 Å². The Morgan fingerprint density at radius 2 is 1.95 bits per heavy atom. The Hall–Kier alpha value is -1.39. The van der Waals surface area contributed by atoms with Gasteiger partial charge in [-0.3, -0.25) is 9.69 Å². The number of nitrogens with zero attached hydrogens (tertiary/aromatic N) is 2. The van der Waals surface area contributed by atoms with Crippen LogP contribution in [0, 0.1) is 5.41 Å². The molecule has 2 saturated heterocycles. The first-order chi connectivity index (χ1) is 10.7. The van der Waals surface area contributed by atoms with Crippen LogP contribution in [0.15, 0.2) is 30.3 Å². The summed E-state index contributed by atoms with van der Waals surface area (Å²) in [5, 5.41) is 3.47. The van der Waals surface area contributed by atoms with E-state index in [0.717, 1.165) is 45.6 Å². The Balaban J connectivity index is 1.46. The molecule has 0 aromatic heterocycles. The first-order valence-corrected chi connectivity index (χ1v) is 8.38. The third kappa shape index (κ3) is 3.68. The molecular formula is C18H27N3O. The molecule has 0 aliphatic carbocycles. The van der Waals surface area contributed by atoms with Crippen molar-refractivity contribution in [3.05, 3.63) is 35.9 Å². The maximum absolute atomic E-state index is 12.5. The van der Waals surface area contributed by atoms with Crippen molar-refractivity contribution in [2.24, 2.45) is 5.41 Å². The predicted molar refractivity (Wildman–Crippen MR) is 88.5 cm³/mol. The summed E-state index contributed by atoms with van der Waals surface area (Å²) in [5.41, 5.74) is 1.74. The molecule has 1 spiro atoms. The van der Waals surface area contributed by atoms with Crippen LogP contribution in [0.5, 0.6) is 0 Å². The Morgan fingerprint density at radius 3 is 2.59 bits per heavy atom. The largest absolute Gasteiger partial charge is 0.342 e. The lowest BCUT2D eigenvalue weighted by molar-refractivity contribution is -0.134. The highest BCUT2D eigenvalue weighted by molar-refractivity contribution is 5.78. The van der Waals surface area contributed by atoms with Crippen molar-refractivity contribution >= 4 is 5.91 Å². The van der Waals surface area contributed by atoms with E-state index in [2.05, 4.69) is 27.2 Å². The lowest BCUT2D eigenvalue weighted by Crippen LogP contribution is -2.46. The summed E-state index contributed by atoms with van der Waals surface area (Å²) in [6, 6.07) is 10.3. The first-order valence-electron chi connectivity index (χ1n) is 8.38. The Kier molecular flexibility index (Phi) is 4.79. The molecule has 1 aromatic rings. The topological polar surface area (TPSA) is 35.6 Å². The van der Waals surface area contributed by atoms with Gasteiger partial charge in [0.2, 0.25) is 5.91 Å². The normalized spacial score (nSPS) is 20.7. The summed E-state index contributed by atoms with van der Waals surface area (Å²) < 4.78 is 0. The SMILES string of the molecule is CN(CC(=O)N1CCC2(CCNC2)CC1)Cc1ccccc1. The van der Waals surface area contributed by atoms with Crippen LogP contribution >= 0.6 is 0 Å². The molecule has 22 heavy (non-hydrogen) atoms. The van der Waals surface area contributed by atoms with Gasteiger partial charge < -0.3 is 10.2 Å². The van der Waals surface area contributed by atoms with E-state index >= 15 is 0 Å². The number of nitrogens with one attached hydrogen (secondary N) is 1. The van der Waals surface area contributed by atoms with E-state index in [1.54, 1.807) is 0 Å². The third-order valence-electron chi connectivity index (χ3n) is 5.21. The zero-order chi connectivity index (χ0) is 15.4. The molecule has 1 aromatic carbocycles. The molecule has 2 aliphatic heterocycles. The Bertz CT molecular complexity index is 486. The van der Waals surface area contributed by atoms with Crippen molar-refractivity contribution in [3.63, 3.8) is 0 Å². The summed E-state index contributed by atoms with van der Waals surface area (Å²) in [4.78, 5) is 16.6. The lowest BCUT2D eigenvalue weighted by Gasteiger charge is -2.39. The molecule has 3 rings (SSSR count). The molecule has 0 radical (unpaired) electrons. The standard InChI is InChI=1S/C18H27N3O/c1-20(13-16-5-3-2-4-6-16)14-17(22)21-11-8-18(9-12-21)7-10-19-15-18/h2-6,19H,7-15H2,1H3. The summed E-state index contributed by atoms with van der Waals surface area (Å²) in [6.07, 6.45) is 3.60. The number of amides is 1. The Morgan fingerprint density at radius 1 is 1.23 bits per heavy atom. The van der Waals surface area contributed by atoms with E-state index < -0.39 is 0 Å². The van der Waals surface area contributed by atoms with Gasteiger partial charge in [0.25, 0.3) is 0 Å². The van der Waals surface area contributed by atoms with E-state index in [9.17, 15) is 4.79 Å². The van der Waals surface area contributed by atoms with Gasteiger partial charge >= 0.3 is 0 Å². The molecule has 4 nitrogen and oxygen atoms in total. The van der Waals surface area contributed by atoms with Crippen molar-refractivity contribution in [1.29, 1.82) is 0 Å². The van der Waals surface area contributed by atoms with E-state index in [0.29, 0.717) is 12.0 Å². The number of benzene rings is 1. The zero-order valence-corrected chi connectivity index (χ0v) is 13.6. The molecule has 2 heterocycles. The minimum Gasteiger partial charge on any atom is -0.342 e. The fraction of sp³-hybridized carbons (Fsp3) is 0.611. The maximum atomic E-state index is 12.5. The quantitative estimate of drug-likeness (QED) is 0.920. The molecule has 0 atom stereocenters. The number of hydrogen-bond acceptors (Lipinski definition) is 3. The van der Waals surface area contributed by atoms with Gasteiger partial charge in [0, 0.05) is 26.2 Å². The van der Waals surface area contributed by atoms with Crippen molar-refractivity contribution in [1.82, 2.24) is 15.1 Å². The third-order valence-corrected chi connectivity index (χ3v) is 5.21. The molecule has 1 amide bonds. The summed E-state index contributed by atoms with van der Waals surface area (Å²) >= 11 is 0. The monoisotopic (exact) mass is 301 g/mol. The van der Waals surface area contributed by atoms with Gasteiger partial charge in [-0.2, -0.15) is 0 Å². The van der Waals surface area contributed by atoms with Crippen molar-refractivity contribution in [2.75, 3.05) is 39.8 Å². The molecule has 2 aliphatic rings. The van der Waals surface area contributed by atoms with Crippen LogP contribution in [0.1, 0.15) is 24.8 Å². The van der Waals surface area contributed by atoms with Gasteiger partial charge in [-0.1, -0.05) is 30.3 Å². The second-order valence-electron chi connectivity index (χ2n) is 6.97. The van der Waals surface area contributed by atoms with Crippen LogP contribution in [-0.2, 0) is 11.3 Å². The molecular weight excluding hydrogens is 274 g/mol. The van der Waals surface area contributed by atoms with Gasteiger partial charge in [-0.15, -0.1) is 0 Å². The number of carbonyl (C=O) groups excluding carboxylic acids is 1. The van der Waals surface area contributed by atoms with E-state index in [4.69, 9.17) is 0 Å². The first kappa shape index (κ1) is 15.5. The second kappa shape index (κ2) is 6.80. The highest BCUT2D eigenvalue weighted by atomic mass is 16.2. The highest BCUT2D eigenvalue weighted by Crippen LogP contribution is 2.36. The molecule has 1 N–H and O–H groups in total. The molecule has 120 valence electrons. The van der Waals surface area contributed by atoms with Gasteiger partial charge in [0.1, 0.15) is 0 Å². The Labute approximate surface area is 133 Å². The van der Waals surface area contributed by atoms with Crippen LogP contribution in [0.3, 0.4) is 0 Å². The highest BCUT2D eigenvalue weighted by Gasteiger charge is 2.37. The fourth-order valence-electron chi connectivity index (χ4n) is 3.73. The minimum absolute atomic E-state index is 0.277. The summed E-state index contributed by atoms with van der Waals surface area (Å²) in [5.74, 6) is 0.277. The maximum Gasteiger partial charge on any atom is 0.236 e. The smallest absolute Gasteiger partial charge is 0.236 e. The number of rotatable bonds is 4. The lowest BCUT2D eigenvalue weighted by atomic mass is 9.78. The number of hydrogen-bond donors (Lipinski definition) is 1. The van der Waals surface area contributed by atoms with Crippen molar-refractivity contribution in [2.45, 2.75) is 25.8 Å². The van der Waals surface area contributed by atoms with Gasteiger partial charge in [-0.25, -0.2) is 0 Å². The fourth-order valence-corrected chi connectivity index (χ4v) is 3.73. The van der Waals surface area contributed by atoms with Crippen molar-refractivity contribution in [3.8, 4) is 0 Å². The van der Waals surface area contributed by atoms with Crippen molar-refractivity contribution < 1.29 is 4.79 Å². The number of likely N-dealkylation sites (N-methyl/N-ethyl adjacent to an activating group) is 1. The van der Waals surface area contributed by atoms with Crippen LogP contribution in [0.4, 0.5) is 0 Å². The van der Waals surface area contributed by atoms with E-state index in [1.807, 2.05) is 25.2 Å². The van der Waals surface area contributed by atoms with Crippen LogP contribution < -0.4 is 5.32 Å². The number of piperidine rings is 1. The second-order valence-corrected chi connectivity index (χ2v) is 6.97. The van der Waals surface area contributed by atoms with E-state index in [1.165, 1.54) is 12.0 Å². The van der Waals surface area contributed by atoms with Gasteiger partial charge in [-0.05, 0) is 43.8 Å². The summed E-state index contributed by atoms with van der Waals surface area (Å²) in [7, 11) is 2.03. The number of likely N-dealkylation sites (tertiary alicyclic amines) is 1. The van der Waals surface area contributed by atoms with Gasteiger partial charge in [0.05, 0.1) is 6.54 Å². The van der Waals surface area contributed by atoms with Crippen LogP contribution in [0.25, 0.3) is 0 Å². The molecule has 4 heteroatoms. The van der Waals surface area contributed by atoms with Gasteiger partial charge in [0.15, 0.2) is 0 Å². The van der Waals surface area contributed by atoms with Crippen LogP contribution in [-0.4, -0.2) is 55.5 Å². The average molecular weight is 301 g/mol. The molecule has 0 unspecified atom stereocenters. The molecule has 0 saturated carbocycles. The zero-order valence-electron chi connectivity index (χ0n) is 13.6. The predicted octanol–water partition coefficient (Wildman–Crippen LogP) is 1.72. The molecule has 2 fully saturated rings. The van der Waals surface area contributed by atoms with E-state index in [-0.39, 0.29) is 5.91 Å². The summed E-state index contributed by atoms with van der Waals surface area (Å²) in [6.45, 7) is 5.49.